The van der Waals surface area contributed by atoms with Crippen LogP contribution in [0.4, 0.5) is 0 Å². The Balaban J connectivity index is 1.73. The van der Waals surface area contributed by atoms with Crippen LogP contribution in [0, 0.1) is 6.92 Å². The average molecular weight is 520 g/mol. The number of nitrogens with one attached hydrogen (secondary N) is 2. The van der Waals surface area contributed by atoms with Crippen molar-refractivity contribution in [2.45, 2.75) is 31.2 Å². The number of hydrogen-bond donors (Lipinski definition) is 2. The molecule has 3 aromatic rings. The molecule has 0 aliphatic carbocycles. The van der Waals surface area contributed by atoms with Crippen molar-refractivity contribution in [3.05, 3.63) is 69.5 Å². The number of carbonyl (C=O) groups is 1. The van der Waals surface area contributed by atoms with Crippen molar-refractivity contribution in [2.75, 3.05) is 12.5 Å². The lowest BCUT2D eigenvalue weighted by Gasteiger charge is -2.15. The molecule has 0 unspecified atom stereocenters. The highest BCUT2D eigenvalue weighted by Gasteiger charge is 2.18. The van der Waals surface area contributed by atoms with Gasteiger partial charge in [0.05, 0.1) is 12.7 Å². The van der Waals surface area contributed by atoms with Crippen LogP contribution in [0.3, 0.4) is 0 Å². The van der Waals surface area contributed by atoms with Crippen molar-refractivity contribution in [2.24, 2.45) is 0 Å². The van der Waals surface area contributed by atoms with Gasteiger partial charge in [0.1, 0.15) is 5.75 Å². The number of halogens is 1. The summed E-state index contributed by atoms with van der Waals surface area (Å²) in [6, 6.07) is 13.7. The summed E-state index contributed by atoms with van der Waals surface area (Å²) >= 11 is 10.3. The maximum atomic E-state index is 12.8. The van der Waals surface area contributed by atoms with Gasteiger partial charge in [0.25, 0.3) is 5.91 Å². The van der Waals surface area contributed by atoms with E-state index in [2.05, 4.69) is 49.0 Å². The molecule has 1 aromatic heterocycles. The van der Waals surface area contributed by atoms with Gasteiger partial charge >= 0.3 is 0 Å². The van der Waals surface area contributed by atoms with E-state index in [1.54, 1.807) is 10.7 Å². The van der Waals surface area contributed by atoms with Crippen LogP contribution in [0.5, 0.6) is 5.75 Å². The number of rotatable bonds is 7. The van der Waals surface area contributed by atoms with Gasteiger partial charge in [0.2, 0.25) is 5.16 Å². The zero-order valence-electron chi connectivity index (χ0n) is 17.3. The van der Waals surface area contributed by atoms with Crippen molar-refractivity contribution >= 4 is 50.9 Å². The van der Waals surface area contributed by atoms with E-state index in [0.29, 0.717) is 28.7 Å². The van der Waals surface area contributed by atoms with Crippen LogP contribution in [0.25, 0.3) is 0 Å². The van der Waals surface area contributed by atoms with E-state index >= 15 is 0 Å². The Hall–Kier alpha value is -2.43. The van der Waals surface area contributed by atoms with Crippen LogP contribution in [-0.4, -0.2) is 33.0 Å². The molecule has 2 N–H and O–H groups in total. The molecule has 0 atom stereocenters. The Kier molecular flexibility index (Phi) is 8.05. The molecule has 1 heterocycles. The van der Waals surface area contributed by atoms with Crippen LogP contribution < -0.4 is 15.5 Å². The lowest BCUT2D eigenvalue weighted by atomic mass is 10.1. The largest absolute Gasteiger partial charge is 0.496 e. The molecule has 162 valence electrons. The molecule has 1 amide bonds. The maximum Gasteiger partial charge on any atom is 0.261 e. The Labute approximate surface area is 199 Å². The van der Waals surface area contributed by atoms with Crippen LogP contribution in [0.2, 0.25) is 0 Å². The van der Waals surface area contributed by atoms with E-state index in [9.17, 15) is 4.79 Å². The van der Waals surface area contributed by atoms with Crippen LogP contribution in [0.15, 0.2) is 52.1 Å². The lowest BCUT2D eigenvalue weighted by molar-refractivity contribution is 0.0974. The molecule has 0 saturated carbocycles. The highest BCUT2D eigenvalue weighted by Crippen LogP contribution is 2.27. The monoisotopic (exact) mass is 519 g/mol. The molecule has 2 aromatic carbocycles. The Morgan fingerprint density at radius 1 is 1.26 bits per heavy atom. The predicted octanol–water partition coefficient (Wildman–Crippen LogP) is 4.47. The van der Waals surface area contributed by atoms with E-state index in [4.69, 9.17) is 17.0 Å². The molecule has 31 heavy (non-hydrogen) atoms. The standard InChI is InChI=1S/C21H22BrN5O2S2/c1-4-17-24-25-21(31-12-14-8-6-5-7-9-14)27(17)26-20(30)23-19(28)16-11-15(22)10-13(2)18(16)29-3/h5-11H,4,12H2,1-3H3,(H2,23,26,28,30). The fraction of sp³-hybridized carbons (Fsp3) is 0.238. The summed E-state index contributed by atoms with van der Waals surface area (Å²) in [7, 11) is 1.53. The van der Waals surface area contributed by atoms with E-state index in [-0.39, 0.29) is 11.0 Å². The van der Waals surface area contributed by atoms with Crippen LogP contribution in [-0.2, 0) is 12.2 Å². The minimum absolute atomic E-state index is 0.140. The molecule has 0 bridgehead atoms. The Morgan fingerprint density at radius 2 is 2.00 bits per heavy atom. The fourth-order valence-electron chi connectivity index (χ4n) is 2.93. The summed E-state index contributed by atoms with van der Waals surface area (Å²) in [5.41, 5.74) is 5.43. The number of aromatic nitrogens is 3. The van der Waals surface area contributed by atoms with E-state index in [0.717, 1.165) is 15.8 Å². The lowest BCUT2D eigenvalue weighted by Crippen LogP contribution is -2.39. The van der Waals surface area contributed by atoms with Crippen molar-refractivity contribution in [3.8, 4) is 5.75 Å². The van der Waals surface area contributed by atoms with Gasteiger partial charge in [-0.3, -0.25) is 15.5 Å². The molecule has 0 saturated heterocycles. The second-order valence-corrected chi connectivity index (χ2v) is 8.83. The Bertz CT molecular complexity index is 1090. The second-order valence-electron chi connectivity index (χ2n) is 6.56. The number of ether oxygens (including phenoxy) is 1. The predicted molar refractivity (Wildman–Crippen MR) is 130 cm³/mol. The number of methoxy groups -OCH3 is 1. The molecule has 0 aliphatic rings. The van der Waals surface area contributed by atoms with Gasteiger partial charge in [-0.05, 0) is 42.4 Å². The van der Waals surface area contributed by atoms with Gasteiger partial charge in [-0.25, -0.2) is 4.68 Å². The number of thioether (sulfide) groups is 1. The smallest absolute Gasteiger partial charge is 0.261 e. The summed E-state index contributed by atoms with van der Waals surface area (Å²) in [6.45, 7) is 3.85. The second kappa shape index (κ2) is 10.7. The summed E-state index contributed by atoms with van der Waals surface area (Å²) in [6.07, 6.45) is 0.654. The fourth-order valence-corrected chi connectivity index (χ4v) is 4.55. The summed E-state index contributed by atoms with van der Waals surface area (Å²) in [4.78, 5) is 12.8. The van der Waals surface area contributed by atoms with Crippen molar-refractivity contribution in [1.82, 2.24) is 20.2 Å². The number of aryl methyl sites for hydroxylation is 2. The first kappa shape index (κ1) is 23.2. The number of thiocarbonyl (C=S) groups is 1. The van der Waals surface area contributed by atoms with Crippen molar-refractivity contribution < 1.29 is 9.53 Å². The van der Waals surface area contributed by atoms with Gasteiger partial charge in [-0.1, -0.05) is 64.9 Å². The van der Waals surface area contributed by atoms with Gasteiger partial charge in [-0.15, -0.1) is 10.2 Å². The maximum absolute atomic E-state index is 12.8. The van der Waals surface area contributed by atoms with E-state index in [1.165, 1.54) is 24.4 Å². The summed E-state index contributed by atoms with van der Waals surface area (Å²) in [5.74, 6) is 1.57. The zero-order valence-corrected chi connectivity index (χ0v) is 20.5. The first-order chi connectivity index (χ1) is 14.9. The first-order valence-electron chi connectivity index (χ1n) is 9.50. The van der Waals surface area contributed by atoms with E-state index < -0.39 is 0 Å². The van der Waals surface area contributed by atoms with Crippen LogP contribution in [0.1, 0.15) is 34.2 Å². The van der Waals surface area contributed by atoms with Gasteiger partial charge < -0.3 is 4.74 Å². The number of carbonyl (C=O) groups excluding carboxylic acids is 1. The first-order valence-corrected chi connectivity index (χ1v) is 11.7. The van der Waals surface area contributed by atoms with Gasteiger partial charge in [0.15, 0.2) is 10.9 Å². The normalized spacial score (nSPS) is 10.6. The molecule has 10 heteroatoms. The molecule has 0 aliphatic heterocycles. The summed E-state index contributed by atoms with van der Waals surface area (Å²) < 4.78 is 7.88. The van der Waals surface area contributed by atoms with Crippen molar-refractivity contribution in [3.63, 3.8) is 0 Å². The molecule has 0 spiro atoms. The quantitative estimate of drug-likeness (QED) is 0.352. The minimum Gasteiger partial charge on any atom is -0.496 e. The number of nitrogens with zero attached hydrogens (tertiary/aromatic N) is 3. The average Bonchev–Trinajstić information content (AvgIpc) is 3.13. The molecule has 3 rings (SSSR count). The van der Waals surface area contributed by atoms with Gasteiger partial charge in [0, 0.05) is 16.6 Å². The highest BCUT2D eigenvalue weighted by molar-refractivity contribution is 9.10. The topological polar surface area (TPSA) is 81.1 Å². The van der Waals surface area contributed by atoms with E-state index in [1.807, 2.05) is 38.1 Å². The number of hydrogen-bond acceptors (Lipinski definition) is 6. The molecule has 0 radical (unpaired) electrons. The number of benzene rings is 2. The zero-order chi connectivity index (χ0) is 22.4. The molecule has 0 fully saturated rings. The third-order valence-electron chi connectivity index (χ3n) is 4.36. The third-order valence-corrected chi connectivity index (χ3v) is 6.01. The molecular formula is C21H22BrN5O2S2. The molecule has 7 nitrogen and oxygen atoms in total. The van der Waals surface area contributed by atoms with Crippen LogP contribution >= 0.6 is 39.9 Å². The highest BCUT2D eigenvalue weighted by atomic mass is 79.9. The third kappa shape index (κ3) is 5.84. The number of amides is 1. The summed E-state index contributed by atoms with van der Waals surface area (Å²) in [5, 5.41) is 12.0. The minimum atomic E-state index is -0.372. The SMILES string of the molecule is CCc1nnc(SCc2ccccc2)n1NC(=S)NC(=O)c1cc(Br)cc(C)c1OC. The Morgan fingerprint density at radius 3 is 2.68 bits per heavy atom. The van der Waals surface area contributed by atoms with Crippen molar-refractivity contribution in [1.29, 1.82) is 0 Å². The van der Waals surface area contributed by atoms with Gasteiger partial charge in [-0.2, -0.15) is 0 Å². The molecular weight excluding hydrogens is 498 g/mol.